The van der Waals surface area contributed by atoms with Gasteiger partial charge in [0.2, 0.25) is 0 Å². The molecule has 0 aliphatic carbocycles. The number of nitrogens with zero attached hydrogens (tertiary/aromatic N) is 1. The number of aromatic carboxylic acids is 1. The summed E-state index contributed by atoms with van der Waals surface area (Å²) in [5.74, 6) is -1.30. The van der Waals surface area contributed by atoms with E-state index in [0.717, 1.165) is 11.3 Å². The average molecular weight is 319 g/mol. The highest BCUT2D eigenvalue weighted by Gasteiger charge is 2.24. The predicted octanol–water partition coefficient (Wildman–Crippen LogP) is 2.30. The van der Waals surface area contributed by atoms with Crippen LogP contribution in [0.25, 0.3) is 0 Å². The zero-order valence-corrected chi connectivity index (χ0v) is 11.6. The lowest BCUT2D eigenvalue weighted by Crippen LogP contribution is -2.15. The second kappa shape index (κ2) is 5.16. The molecule has 0 aliphatic rings. The molecule has 0 unspecified atom stereocenters. The van der Waals surface area contributed by atoms with Gasteiger partial charge in [-0.25, -0.2) is 18.2 Å². The lowest BCUT2D eigenvalue weighted by Gasteiger charge is -2.08. The van der Waals surface area contributed by atoms with Gasteiger partial charge in [-0.2, -0.15) is 0 Å². The fraction of sp³-hybridized carbons (Fsp3) is 0. The minimum Gasteiger partial charge on any atom is -0.477 e. The van der Waals surface area contributed by atoms with Gasteiger partial charge in [-0.05, 0) is 23.6 Å². The van der Waals surface area contributed by atoms with Crippen LogP contribution < -0.4 is 4.72 Å². The van der Waals surface area contributed by atoms with E-state index in [1.165, 1.54) is 29.8 Å². The Labute approximate surface area is 117 Å². The van der Waals surface area contributed by atoms with Crippen molar-refractivity contribution in [2.24, 2.45) is 0 Å². The third kappa shape index (κ3) is 2.86. The van der Waals surface area contributed by atoms with Gasteiger partial charge in [0.05, 0.1) is 5.69 Å². The maximum atomic E-state index is 12.1. The number of hydrogen-bond donors (Lipinski definition) is 2. The molecule has 0 atom stereocenters. The van der Waals surface area contributed by atoms with Crippen LogP contribution in [0.4, 0.5) is 5.69 Å². The van der Waals surface area contributed by atoms with Crippen LogP contribution in [-0.2, 0) is 10.0 Å². The maximum absolute atomic E-state index is 12.1. The van der Waals surface area contributed by atoms with Crippen molar-refractivity contribution in [3.05, 3.63) is 39.8 Å². The Morgan fingerprint density at radius 1 is 1.42 bits per heavy atom. The molecule has 6 nitrogen and oxygen atoms in total. The van der Waals surface area contributed by atoms with Crippen molar-refractivity contribution in [1.82, 2.24) is 4.98 Å². The largest absolute Gasteiger partial charge is 0.477 e. The number of sulfonamides is 1. The number of carbonyl (C=O) groups is 1. The summed E-state index contributed by atoms with van der Waals surface area (Å²) in [7, 11) is -4.01. The lowest BCUT2D eigenvalue weighted by molar-refractivity contribution is 0.0698. The third-order valence-electron chi connectivity index (χ3n) is 2.12. The molecule has 0 fully saturated rings. The zero-order valence-electron chi connectivity index (χ0n) is 9.20. The molecule has 9 heteroatoms. The molecule has 2 heterocycles. The summed E-state index contributed by atoms with van der Waals surface area (Å²) in [6.45, 7) is 0. The minimum atomic E-state index is -4.01. The summed E-state index contributed by atoms with van der Waals surface area (Å²) in [6, 6.07) is 4.16. The summed E-state index contributed by atoms with van der Waals surface area (Å²) in [4.78, 5) is 14.1. The quantitative estimate of drug-likeness (QED) is 0.843. The average Bonchev–Trinajstić information content (AvgIpc) is 2.82. The smallest absolute Gasteiger partial charge is 0.347 e. The van der Waals surface area contributed by atoms with E-state index >= 15 is 0 Å². The molecule has 0 saturated heterocycles. The SMILES string of the molecule is O=C(O)c1sccc1S(=O)(=O)Nc1cccnc1Cl. The first-order chi connectivity index (χ1) is 8.92. The Bertz CT molecular complexity index is 727. The third-order valence-corrected chi connectivity index (χ3v) is 4.86. The fourth-order valence-corrected chi connectivity index (χ4v) is 3.88. The molecular formula is C10H7ClN2O4S2. The van der Waals surface area contributed by atoms with Gasteiger partial charge >= 0.3 is 5.97 Å². The highest BCUT2D eigenvalue weighted by atomic mass is 35.5. The molecule has 100 valence electrons. The van der Waals surface area contributed by atoms with E-state index in [9.17, 15) is 13.2 Å². The van der Waals surface area contributed by atoms with Gasteiger partial charge in [0, 0.05) is 6.20 Å². The number of aromatic nitrogens is 1. The molecule has 2 N–H and O–H groups in total. The molecule has 0 radical (unpaired) electrons. The van der Waals surface area contributed by atoms with Crippen LogP contribution in [0, 0.1) is 0 Å². The molecule has 0 spiro atoms. The van der Waals surface area contributed by atoms with Crippen molar-refractivity contribution in [3.63, 3.8) is 0 Å². The van der Waals surface area contributed by atoms with Crippen LogP contribution in [0.2, 0.25) is 5.15 Å². The molecule has 19 heavy (non-hydrogen) atoms. The van der Waals surface area contributed by atoms with Gasteiger partial charge in [-0.1, -0.05) is 11.6 Å². The van der Waals surface area contributed by atoms with Gasteiger partial charge in [0.15, 0.2) is 5.15 Å². The Kier molecular flexibility index (Phi) is 3.74. The number of rotatable bonds is 4. The van der Waals surface area contributed by atoms with E-state index in [1.807, 2.05) is 0 Å². The van der Waals surface area contributed by atoms with Gasteiger partial charge in [-0.3, -0.25) is 4.72 Å². The Morgan fingerprint density at radius 3 is 2.79 bits per heavy atom. The Hall–Kier alpha value is -1.64. The Morgan fingerprint density at radius 2 is 2.16 bits per heavy atom. The lowest BCUT2D eigenvalue weighted by atomic mass is 10.4. The maximum Gasteiger partial charge on any atom is 0.347 e. The van der Waals surface area contributed by atoms with Crippen LogP contribution in [0.1, 0.15) is 9.67 Å². The molecule has 0 bridgehead atoms. The monoisotopic (exact) mass is 318 g/mol. The normalized spacial score (nSPS) is 11.2. The molecule has 0 saturated carbocycles. The van der Waals surface area contributed by atoms with Crippen molar-refractivity contribution < 1.29 is 18.3 Å². The second-order valence-electron chi connectivity index (χ2n) is 3.37. The highest BCUT2D eigenvalue weighted by molar-refractivity contribution is 7.93. The van der Waals surface area contributed by atoms with Crippen LogP contribution in [0.3, 0.4) is 0 Å². The number of carboxylic acids is 1. The molecule has 2 rings (SSSR count). The zero-order chi connectivity index (χ0) is 14.0. The molecule has 2 aromatic rings. The molecular weight excluding hydrogens is 312 g/mol. The summed E-state index contributed by atoms with van der Waals surface area (Å²) in [5.41, 5.74) is 0.0895. The summed E-state index contributed by atoms with van der Waals surface area (Å²) in [6.07, 6.45) is 1.41. The molecule has 0 aromatic carbocycles. The van der Waals surface area contributed by atoms with Gasteiger partial charge < -0.3 is 5.11 Å². The first-order valence-electron chi connectivity index (χ1n) is 4.86. The summed E-state index contributed by atoms with van der Waals surface area (Å²) in [5, 5.41) is 10.3. The van der Waals surface area contributed by atoms with E-state index < -0.39 is 16.0 Å². The van der Waals surface area contributed by atoms with E-state index in [-0.39, 0.29) is 20.6 Å². The molecule has 0 aliphatic heterocycles. The first-order valence-corrected chi connectivity index (χ1v) is 7.60. The van der Waals surface area contributed by atoms with Crippen molar-refractivity contribution in [1.29, 1.82) is 0 Å². The van der Waals surface area contributed by atoms with E-state index in [2.05, 4.69) is 9.71 Å². The number of anilines is 1. The Balaban J connectivity index is 2.41. The topological polar surface area (TPSA) is 96.4 Å². The number of carboxylic acid groups (broad SMARTS) is 1. The number of thiophene rings is 1. The standard InChI is InChI=1S/C10H7ClN2O4S2/c11-9-6(2-1-4-12-9)13-19(16,17)7-3-5-18-8(7)10(14)15/h1-5,13H,(H,14,15). The van der Waals surface area contributed by atoms with Crippen LogP contribution in [0.15, 0.2) is 34.7 Å². The predicted molar refractivity (Wildman–Crippen MR) is 71.3 cm³/mol. The summed E-state index contributed by atoms with van der Waals surface area (Å²) >= 11 is 6.57. The molecule has 0 amide bonds. The number of pyridine rings is 1. The first kappa shape index (κ1) is 13.8. The minimum absolute atomic E-state index is 0.0156. The van der Waals surface area contributed by atoms with Crippen LogP contribution in [-0.4, -0.2) is 24.5 Å². The van der Waals surface area contributed by atoms with Crippen molar-refractivity contribution in [3.8, 4) is 0 Å². The van der Waals surface area contributed by atoms with Gasteiger partial charge in [-0.15, -0.1) is 11.3 Å². The number of halogens is 1. The van der Waals surface area contributed by atoms with Gasteiger partial charge in [0.25, 0.3) is 10.0 Å². The van der Waals surface area contributed by atoms with Crippen LogP contribution >= 0.6 is 22.9 Å². The molecule has 2 aromatic heterocycles. The van der Waals surface area contributed by atoms with Crippen molar-refractivity contribution >= 4 is 44.6 Å². The van der Waals surface area contributed by atoms with E-state index in [1.54, 1.807) is 0 Å². The summed E-state index contributed by atoms with van der Waals surface area (Å²) < 4.78 is 26.4. The number of hydrogen-bond acceptors (Lipinski definition) is 5. The van der Waals surface area contributed by atoms with E-state index in [0.29, 0.717) is 0 Å². The van der Waals surface area contributed by atoms with E-state index in [4.69, 9.17) is 16.7 Å². The van der Waals surface area contributed by atoms with Gasteiger partial charge in [0.1, 0.15) is 9.77 Å². The number of nitrogens with one attached hydrogen (secondary N) is 1. The highest BCUT2D eigenvalue weighted by Crippen LogP contribution is 2.26. The second-order valence-corrected chi connectivity index (χ2v) is 6.29. The van der Waals surface area contributed by atoms with Crippen LogP contribution in [0.5, 0.6) is 0 Å². The van der Waals surface area contributed by atoms with Crippen molar-refractivity contribution in [2.45, 2.75) is 4.90 Å². The van der Waals surface area contributed by atoms with Crippen molar-refractivity contribution in [2.75, 3.05) is 4.72 Å². The fourth-order valence-electron chi connectivity index (χ4n) is 1.33.